The number of ether oxygens (including phenoxy) is 1. The van der Waals surface area contributed by atoms with Gasteiger partial charge in [-0.1, -0.05) is 0 Å². The molecule has 0 aromatic carbocycles. The van der Waals surface area contributed by atoms with Crippen LogP contribution in [0.15, 0.2) is 6.20 Å². The molecule has 0 radical (unpaired) electrons. The van der Waals surface area contributed by atoms with Crippen molar-refractivity contribution in [1.82, 2.24) is 20.4 Å². The topological polar surface area (TPSA) is 51.1 Å². The van der Waals surface area contributed by atoms with Crippen LogP contribution < -0.4 is 10.6 Å². The minimum absolute atomic E-state index is 0.437. The lowest BCUT2D eigenvalue weighted by molar-refractivity contribution is 0.198. The van der Waals surface area contributed by atoms with E-state index in [2.05, 4.69) is 28.9 Å². The van der Waals surface area contributed by atoms with Crippen molar-refractivity contribution in [1.29, 1.82) is 0 Å². The summed E-state index contributed by atoms with van der Waals surface area (Å²) in [4.78, 5) is 0. The fraction of sp³-hybridized carbons (Fsp3) is 0.750. The molecule has 0 saturated carbocycles. The Labute approximate surface area is 104 Å². The van der Waals surface area contributed by atoms with Crippen molar-refractivity contribution in [2.24, 2.45) is 7.05 Å². The number of aromatic nitrogens is 2. The van der Waals surface area contributed by atoms with Crippen molar-refractivity contribution in [3.63, 3.8) is 0 Å². The molecule has 98 valence electrons. The third-order valence-corrected chi connectivity index (χ3v) is 2.69. The predicted molar refractivity (Wildman–Crippen MR) is 69.0 cm³/mol. The zero-order chi connectivity index (χ0) is 12.7. The molecular weight excluding hydrogens is 216 g/mol. The zero-order valence-corrected chi connectivity index (χ0v) is 11.3. The Hall–Kier alpha value is -0.910. The average molecular weight is 240 g/mol. The summed E-state index contributed by atoms with van der Waals surface area (Å²) in [6.07, 6.45) is 2.06. The third-order valence-electron chi connectivity index (χ3n) is 2.69. The smallest absolute Gasteiger partial charge is 0.0638 e. The highest BCUT2D eigenvalue weighted by Gasteiger charge is 2.05. The molecule has 1 aromatic heterocycles. The molecule has 0 aliphatic rings. The Balaban J connectivity index is 2.19. The summed E-state index contributed by atoms with van der Waals surface area (Å²) in [7, 11) is 3.67. The fourth-order valence-electron chi connectivity index (χ4n) is 1.67. The Morgan fingerprint density at radius 3 is 2.88 bits per heavy atom. The first kappa shape index (κ1) is 14.2. The molecule has 1 heterocycles. The van der Waals surface area contributed by atoms with Gasteiger partial charge in [-0.2, -0.15) is 5.10 Å². The fourth-order valence-corrected chi connectivity index (χ4v) is 1.67. The summed E-state index contributed by atoms with van der Waals surface area (Å²) in [5.74, 6) is 0. The van der Waals surface area contributed by atoms with Crippen LogP contribution >= 0.6 is 0 Å². The molecule has 2 N–H and O–H groups in total. The van der Waals surface area contributed by atoms with Crippen molar-refractivity contribution in [2.75, 3.05) is 26.8 Å². The van der Waals surface area contributed by atoms with E-state index in [4.69, 9.17) is 4.74 Å². The molecule has 0 saturated heterocycles. The maximum absolute atomic E-state index is 4.98. The number of hydrogen-bond acceptors (Lipinski definition) is 4. The molecule has 0 fully saturated rings. The van der Waals surface area contributed by atoms with Crippen LogP contribution in [0.1, 0.15) is 18.2 Å². The van der Waals surface area contributed by atoms with Crippen molar-refractivity contribution >= 4 is 0 Å². The van der Waals surface area contributed by atoms with E-state index in [0.29, 0.717) is 6.04 Å². The zero-order valence-electron chi connectivity index (χ0n) is 11.3. The van der Waals surface area contributed by atoms with Gasteiger partial charge in [-0.05, 0) is 13.8 Å². The first-order chi connectivity index (χ1) is 8.13. The highest BCUT2D eigenvalue weighted by molar-refractivity contribution is 5.14. The molecule has 1 rings (SSSR count). The molecule has 17 heavy (non-hydrogen) atoms. The Bertz CT molecular complexity index is 324. The lowest BCUT2D eigenvalue weighted by atomic mass is 10.2. The van der Waals surface area contributed by atoms with E-state index < -0.39 is 0 Å². The highest BCUT2D eigenvalue weighted by atomic mass is 16.5. The van der Waals surface area contributed by atoms with Gasteiger partial charge in [-0.15, -0.1) is 0 Å². The summed E-state index contributed by atoms with van der Waals surface area (Å²) in [5, 5.41) is 11.1. The number of nitrogens with one attached hydrogen (secondary N) is 2. The van der Waals surface area contributed by atoms with E-state index in [1.54, 1.807) is 7.11 Å². The van der Waals surface area contributed by atoms with E-state index >= 15 is 0 Å². The number of aryl methyl sites for hydroxylation is 2. The Morgan fingerprint density at radius 2 is 2.29 bits per heavy atom. The molecule has 1 atom stereocenters. The van der Waals surface area contributed by atoms with E-state index in [1.807, 2.05) is 18.7 Å². The van der Waals surface area contributed by atoms with Gasteiger partial charge in [0.2, 0.25) is 0 Å². The predicted octanol–water partition coefficient (Wildman–Crippen LogP) is 0.443. The molecule has 1 aromatic rings. The first-order valence-corrected chi connectivity index (χ1v) is 6.05. The number of rotatable bonds is 8. The average Bonchev–Trinajstić information content (AvgIpc) is 2.61. The van der Waals surface area contributed by atoms with Gasteiger partial charge in [0.25, 0.3) is 0 Å². The lowest BCUT2D eigenvalue weighted by Gasteiger charge is -2.14. The summed E-state index contributed by atoms with van der Waals surface area (Å²) >= 11 is 0. The van der Waals surface area contributed by atoms with Gasteiger partial charge >= 0.3 is 0 Å². The standard InChI is InChI=1S/C12H24N4O/c1-10(7-13-5-6-17-4)14-8-12-9-16(3)15-11(12)2/h9-10,13-14H,5-8H2,1-4H3. The minimum atomic E-state index is 0.437. The van der Waals surface area contributed by atoms with Crippen LogP contribution in [-0.4, -0.2) is 42.6 Å². The second kappa shape index (κ2) is 7.42. The minimum Gasteiger partial charge on any atom is -0.383 e. The summed E-state index contributed by atoms with van der Waals surface area (Å²) in [6, 6.07) is 0.437. The molecule has 0 bridgehead atoms. The second-order valence-electron chi connectivity index (χ2n) is 4.39. The molecular formula is C12H24N4O. The molecule has 5 heteroatoms. The van der Waals surface area contributed by atoms with E-state index in [0.717, 1.165) is 31.9 Å². The van der Waals surface area contributed by atoms with Gasteiger partial charge in [0.05, 0.1) is 12.3 Å². The molecule has 0 aliphatic carbocycles. The third kappa shape index (κ3) is 5.30. The molecule has 1 unspecified atom stereocenters. The van der Waals surface area contributed by atoms with Gasteiger partial charge < -0.3 is 15.4 Å². The van der Waals surface area contributed by atoms with Gasteiger partial charge in [-0.25, -0.2) is 0 Å². The van der Waals surface area contributed by atoms with Crippen LogP contribution in [0.4, 0.5) is 0 Å². The van der Waals surface area contributed by atoms with Crippen LogP contribution in [-0.2, 0) is 18.3 Å². The summed E-state index contributed by atoms with van der Waals surface area (Å²) in [5.41, 5.74) is 2.36. The molecule has 0 aliphatic heterocycles. The SMILES string of the molecule is COCCNCC(C)NCc1cn(C)nc1C. The lowest BCUT2D eigenvalue weighted by Crippen LogP contribution is -2.37. The monoisotopic (exact) mass is 240 g/mol. The van der Waals surface area contributed by atoms with Crippen molar-refractivity contribution in [3.8, 4) is 0 Å². The van der Waals surface area contributed by atoms with E-state index in [9.17, 15) is 0 Å². The largest absolute Gasteiger partial charge is 0.383 e. The quantitative estimate of drug-likeness (QED) is 0.648. The molecule has 0 spiro atoms. The van der Waals surface area contributed by atoms with Gasteiger partial charge in [0.1, 0.15) is 0 Å². The molecule has 5 nitrogen and oxygen atoms in total. The second-order valence-corrected chi connectivity index (χ2v) is 4.39. The maximum Gasteiger partial charge on any atom is 0.0638 e. The van der Waals surface area contributed by atoms with Gasteiger partial charge in [0.15, 0.2) is 0 Å². The first-order valence-electron chi connectivity index (χ1n) is 6.05. The number of methoxy groups -OCH3 is 1. The normalized spacial score (nSPS) is 12.9. The van der Waals surface area contributed by atoms with Crippen molar-refractivity contribution in [2.45, 2.75) is 26.4 Å². The Kier molecular flexibility index (Phi) is 6.18. The van der Waals surface area contributed by atoms with Crippen LogP contribution in [0.5, 0.6) is 0 Å². The number of hydrogen-bond donors (Lipinski definition) is 2. The van der Waals surface area contributed by atoms with Gasteiger partial charge in [0, 0.05) is 51.6 Å². The summed E-state index contributed by atoms with van der Waals surface area (Å²) in [6.45, 7) is 7.68. The van der Waals surface area contributed by atoms with Crippen LogP contribution in [0.25, 0.3) is 0 Å². The van der Waals surface area contributed by atoms with Crippen LogP contribution in [0.2, 0.25) is 0 Å². The van der Waals surface area contributed by atoms with Crippen LogP contribution in [0, 0.1) is 6.92 Å². The Morgan fingerprint density at radius 1 is 1.53 bits per heavy atom. The molecule has 0 amide bonds. The van der Waals surface area contributed by atoms with Crippen molar-refractivity contribution in [3.05, 3.63) is 17.5 Å². The van der Waals surface area contributed by atoms with Gasteiger partial charge in [-0.3, -0.25) is 4.68 Å². The maximum atomic E-state index is 4.98. The van der Waals surface area contributed by atoms with Crippen LogP contribution in [0.3, 0.4) is 0 Å². The highest BCUT2D eigenvalue weighted by Crippen LogP contribution is 2.03. The van der Waals surface area contributed by atoms with Crippen molar-refractivity contribution < 1.29 is 4.74 Å². The number of nitrogens with zero attached hydrogens (tertiary/aromatic N) is 2. The summed E-state index contributed by atoms with van der Waals surface area (Å²) < 4.78 is 6.83. The van der Waals surface area contributed by atoms with E-state index in [1.165, 1.54) is 5.56 Å². The van der Waals surface area contributed by atoms with E-state index in [-0.39, 0.29) is 0 Å².